The minimum atomic E-state index is -0.749. The van der Waals surface area contributed by atoms with Crippen molar-refractivity contribution in [2.75, 3.05) is 26.2 Å². The van der Waals surface area contributed by atoms with Gasteiger partial charge >= 0.3 is 0 Å². The van der Waals surface area contributed by atoms with Crippen LogP contribution < -0.4 is 5.32 Å². The second-order valence-corrected chi connectivity index (χ2v) is 4.38. The van der Waals surface area contributed by atoms with Gasteiger partial charge in [0.05, 0.1) is 23.7 Å². The van der Waals surface area contributed by atoms with Crippen LogP contribution >= 0.6 is 11.6 Å². The molecule has 0 bridgehead atoms. The molecular formula is C13H16ClFN2O3. The zero-order chi connectivity index (χ0) is 15.1. The number of carbonyl (C=O) groups is 2. The molecule has 0 atom stereocenters. The zero-order valence-corrected chi connectivity index (χ0v) is 11.8. The number of halogens is 2. The Balaban J connectivity index is 2.66. The van der Waals surface area contributed by atoms with Crippen LogP contribution in [-0.4, -0.2) is 48.1 Å². The number of rotatable bonds is 6. The minimum absolute atomic E-state index is 0.0161. The van der Waals surface area contributed by atoms with E-state index in [4.69, 9.17) is 16.7 Å². The minimum Gasteiger partial charge on any atom is -0.395 e. The van der Waals surface area contributed by atoms with Crippen molar-refractivity contribution >= 4 is 23.4 Å². The summed E-state index contributed by atoms with van der Waals surface area (Å²) >= 11 is 5.75. The van der Waals surface area contributed by atoms with Gasteiger partial charge in [0.25, 0.3) is 5.91 Å². The Morgan fingerprint density at radius 3 is 2.70 bits per heavy atom. The maximum absolute atomic E-state index is 13.5. The third kappa shape index (κ3) is 4.18. The highest BCUT2D eigenvalue weighted by atomic mass is 35.5. The fourth-order valence-electron chi connectivity index (χ4n) is 1.65. The normalized spacial score (nSPS) is 10.2. The molecule has 5 nitrogen and oxygen atoms in total. The van der Waals surface area contributed by atoms with Crippen molar-refractivity contribution in [1.82, 2.24) is 10.2 Å². The first-order chi connectivity index (χ1) is 9.51. The fourth-order valence-corrected chi connectivity index (χ4v) is 1.90. The first-order valence-corrected chi connectivity index (χ1v) is 6.49. The van der Waals surface area contributed by atoms with Crippen molar-refractivity contribution in [3.8, 4) is 0 Å². The van der Waals surface area contributed by atoms with Crippen molar-refractivity contribution in [3.05, 3.63) is 34.6 Å². The van der Waals surface area contributed by atoms with E-state index < -0.39 is 11.7 Å². The molecule has 0 fully saturated rings. The van der Waals surface area contributed by atoms with Gasteiger partial charge in [-0.05, 0) is 19.1 Å². The van der Waals surface area contributed by atoms with E-state index in [0.717, 1.165) is 6.07 Å². The second kappa shape index (κ2) is 7.81. The molecule has 0 aliphatic carbocycles. The van der Waals surface area contributed by atoms with E-state index in [1.165, 1.54) is 17.0 Å². The second-order valence-electron chi connectivity index (χ2n) is 3.98. The molecule has 0 unspecified atom stereocenters. The monoisotopic (exact) mass is 302 g/mol. The number of nitrogens with one attached hydrogen (secondary N) is 1. The largest absolute Gasteiger partial charge is 0.395 e. The van der Waals surface area contributed by atoms with Crippen molar-refractivity contribution in [2.24, 2.45) is 0 Å². The highest BCUT2D eigenvalue weighted by Crippen LogP contribution is 2.18. The molecular weight excluding hydrogens is 287 g/mol. The molecule has 0 aliphatic heterocycles. The Bertz CT molecular complexity index is 476. The zero-order valence-electron chi connectivity index (χ0n) is 11.0. The van der Waals surface area contributed by atoms with Crippen LogP contribution in [0.25, 0.3) is 0 Å². The van der Waals surface area contributed by atoms with Crippen LogP contribution in [0.15, 0.2) is 18.2 Å². The predicted octanol–water partition coefficient (Wildman–Crippen LogP) is 1.05. The highest BCUT2D eigenvalue weighted by Gasteiger charge is 2.17. The van der Waals surface area contributed by atoms with Crippen LogP contribution in [0.1, 0.15) is 17.3 Å². The molecule has 2 amide bonds. The maximum atomic E-state index is 13.5. The summed E-state index contributed by atoms with van der Waals surface area (Å²) in [6, 6.07) is 3.90. The average Bonchev–Trinajstić information content (AvgIpc) is 2.42. The predicted molar refractivity (Wildman–Crippen MR) is 73.1 cm³/mol. The number of amides is 2. The number of nitrogens with zero attached hydrogens (tertiary/aromatic N) is 1. The molecule has 0 heterocycles. The van der Waals surface area contributed by atoms with E-state index in [-0.39, 0.29) is 36.2 Å². The van der Waals surface area contributed by atoms with Crippen LogP contribution in [0.2, 0.25) is 5.02 Å². The van der Waals surface area contributed by atoms with Gasteiger partial charge in [-0.15, -0.1) is 0 Å². The van der Waals surface area contributed by atoms with Gasteiger partial charge in [0.2, 0.25) is 5.91 Å². The van der Waals surface area contributed by atoms with Gasteiger partial charge in [0.15, 0.2) is 0 Å². The molecule has 0 aromatic heterocycles. The Hall–Kier alpha value is -1.66. The van der Waals surface area contributed by atoms with Crippen molar-refractivity contribution in [2.45, 2.75) is 6.92 Å². The summed E-state index contributed by atoms with van der Waals surface area (Å²) in [5.74, 6) is -1.85. The fraction of sp³-hybridized carbons (Fsp3) is 0.385. The highest BCUT2D eigenvalue weighted by molar-refractivity contribution is 6.33. The van der Waals surface area contributed by atoms with Crippen LogP contribution in [-0.2, 0) is 4.79 Å². The van der Waals surface area contributed by atoms with Crippen LogP contribution in [0.5, 0.6) is 0 Å². The number of benzene rings is 1. The summed E-state index contributed by atoms with van der Waals surface area (Å²) in [7, 11) is 0. The third-order valence-corrected chi connectivity index (χ3v) is 3.01. The van der Waals surface area contributed by atoms with Crippen molar-refractivity contribution in [1.29, 1.82) is 0 Å². The molecule has 1 aromatic carbocycles. The number of carbonyl (C=O) groups excluding carboxylic acids is 2. The number of likely N-dealkylation sites (N-methyl/N-ethyl adjacent to an activating group) is 1. The molecule has 0 saturated heterocycles. The van der Waals surface area contributed by atoms with Crippen LogP contribution in [0, 0.1) is 5.82 Å². The average molecular weight is 303 g/mol. The lowest BCUT2D eigenvalue weighted by Gasteiger charge is -2.19. The van der Waals surface area contributed by atoms with Crippen molar-refractivity contribution in [3.63, 3.8) is 0 Å². The first kappa shape index (κ1) is 16.4. The van der Waals surface area contributed by atoms with Gasteiger partial charge in [0.1, 0.15) is 5.82 Å². The topological polar surface area (TPSA) is 69.6 Å². The third-order valence-electron chi connectivity index (χ3n) is 2.69. The standard InChI is InChI=1S/C13H16ClFN2O3/c1-2-17(6-7-18)11(19)8-16-13(20)12-9(14)4-3-5-10(12)15/h3-5,18H,2,6-8H2,1H3,(H,16,20). The maximum Gasteiger partial charge on any atom is 0.256 e. The van der Waals surface area contributed by atoms with Crippen LogP contribution in [0.3, 0.4) is 0 Å². The van der Waals surface area contributed by atoms with Crippen LogP contribution in [0.4, 0.5) is 4.39 Å². The van der Waals surface area contributed by atoms with Gasteiger partial charge in [-0.3, -0.25) is 9.59 Å². The molecule has 7 heteroatoms. The number of aliphatic hydroxyl groups is 1. The SMILES string of the molecule is CCN(CCO)C(=O)CNC(=O)c1c(F)cccc1Cl. The van der Waals surface area contributed by atoms with Gasteiger partial charge in [-0.2, -0.15) is 0 Å². The van der Waals surface area contributed by atoms with E-state index in [0.29, 0.717) is 6.54 Å². The van der Waals surface area contributed by atoms with E-state index in [1.807, 2.05) is 0 Å². The van der Waals surface area contributed by atoms with E-state index >= 15 is 0 Å². The number of aliphatic hydroxyl groups excluding tert-OH is 1. The molecule has 0 radical (unpaired) electrons. The molecule has 20 heavy (non-hydrogen) atoms. The van der Waals surface area contributed by atoms with Gasteiger partial charge in [-0.1, -0.05) is 17.7 Å². The molecule has 0 saturated carbocycles. The van der Waals surface area contributed by atoms with Crippen molar-refractivity contribution < 1.29 is 19.1 Å². The molecule has 0 spiro atoms. The Kier molecular flexibility index (Phi) is 6.41. The smallest absolute Gasteiger partial charge is 0.256 e. The van der Waals surface area contributed by atoms with Gasteiger partial charge < -0.3 is 15.3 Å². The summed E-state index contributed by atoms with van der Waals surface area (Å²) in [5.41, 5.74) is -0.285. The van der Waals surface area contributed by atoms with E-state index in [1.54, 1.807) is 6.92 Å². The Labute approximate surface area is 121 Å². The summed E-state index contributed by atoms with van der Waals surface area (Å²) < 4.78 is 13.5. The first-order valence-electron chi connectivity index (χ1n) is 6.12. The Morgan fingerprint density at radius 1 is 1.45 bits per heavy atom. The number of hydrogen-bond donors (Lipinski definition) is 2. The molecule has 110 valence electrons. The lowest BCUT2D eigenvalue weighted by Crippen LogP contribution is -2.41. The molecule has 1 aromatic rings. The summed E-state index contributed by atoms with van der Waals surface area (Å²) in [5, 5.41) is 11.1. The Morgan fingerprint density at radius 2 is 2.15 bits per heavy atom. The van der Waals surface area contributed by atoms with E-state index in [2.05, 4.69) is 5.32 Å². The van der Waals surface area contributed by atoms with Gasteiger partial charge in [0, 0.05) is 13.1 Å². The lowest BCUT2D eigenvalue weighted by molar-refractivity contribution is -0.130. The molecule has 0 aliphatic rings. The number of hydrogen-bond acceptors (Lipinski definition) is 3. The summed E-state index contributed by atoms with van der Waals surface area (Å²) in [6.45, 7) is 1.91. The quantitative estimate of drug-likeness (QED) is 0.825. The van der Waals surface area contributed by atoms with E-state index in [9.17, 15) is 14.0 Å². The summed E-state index contributed by atoms with van der Waals surface area (Å²) in [4.78, 5) is 24.9. The lowest BCUT2D eigenvalue weighted by atomic mass is 10.2. The summed E-state index contributed by atoms with van der Waals surface area (Å²) in [6.07, 6.45) is 0. The van der Waals surface area contributed by atoms with Gasteiger partial charge in [-0.25, -0.2) is 4.39 Å². The molecule has 1 rings (SSSR count). The molecule has 2 N–H and O–H groups in total.